The Morgan fingerprint density at radius 1 is 1.13 bits per heavy atom. The molecule has 2 aromatic rings. The number of nitrogens with one attached hydrogen (secondary N) is 2. The highest BCUT2D eigenvalue weighted by atomic mass is 32.1. The van der Waals surface area contributed by atoms with Crippen LogP contribution in [0, 0.1) is 18.8 Å². The summed E-state index contributed by atoms with van der Waals surface area (Å²) in [4.78, 5) is 38.8. The summed E-state index contributed by atoms with van der Waals surface area (Å²) in [6, 6.07) is 7.12. The minimum atomic E-state index is -0.939. The molecule has 166 valence electrons. The van der Waals surface area contributed by atoms with Crippen LogP contribution in [-0.2, 0) is 16.0 Å². The summed E-state index contributed by atoms with van der Waals surface area (Å²) in [6.07, 6.45) is 3.31. The number of thiophene rings is 1. The highest BCUT2D eigenvalue weighted by Crippen LogP contribution is 2.37. The maximum absolute atomic E-state index is 13.2. The molecule has 1 aromatic heterocycles. The number of carbonyl (C=O) groups excluding carboxylic acids is 2. The van der Waals surface area contributed by atoms with Crippen LogP contribution in [0.25, 0.3) is 0 Å². The van der Waals surface area contributed by atoms with Gasteiger partial charge in [0.25, 0.3) is 5.91 Å². The van der Waals surface area contributed by atoms with Crippen molar-refractivity contribution in [2.75, 3.05) is 17.7 Å². The first-order chi connectivity index (χ1) is 14.9. The van der Waals surface area contributed by atoms with Gasteiger partial charge in [-0.3, -0.25) is 14.4 Å². The molecule has 3 N–H and O–H groups in total. The van der Waals surface area contributed by atoms with Gasteiger partial charge in [0.2, 0.25) is 5.91 Å². The van der Waals surface area contributed by atoms with Crippen LogP contribution in [0.4, 0.5) is 10.7 Å². The van der Waals surface area contributed by atoms with Gasteiger partial charge in [-0.05, 0) is 43.9 Å². The molecule has 0 aliphatic heterocycles. The van der Waals surface area contributed by atoms with Gasteiger partial charge in [0.15, 0.2) is 0 Å². The number of hydrogen-bond acceptors (Lipinski definition) is 5. The van der Waals surface area contributed by atoms with Crippen LogP contribution < -0.4 is 15.4 Å². The quantitative estimate of drug-likeness (QED) is 0.574. The monoisotopic (exact) mass is 444 g/mol. The van der Waals surface area contributed by atoms with Gasteiger partial charge in [-0.15, -0.1) is 11.3 Å². The maximum Gasteiger partial charge on any atom is 0.307 e. The zero-order chi connectivity index (χ0) is 22.5. The fourth-order valence-electron chi connectivity index (χ4n) is 4.21. The zero-order valence-corrected chi connectivity index (χ0v) is 18.8. The molecule has 1 aromatic carbocycles. The summed E-state index contributed by atoms with van der Waals surface area (Å²) in [5, 5.41) is 15.7. The van der Waals surface area contributed by atoms with E-state index in [2.05, 4.69) is 10.6 Å². The highest BCUT2D eigenvalue weighted by molar-refractivity contribution is 7.16. The van der Waals surface area contributed by atoms with Crippen LogP contribution in [0.2, 0.25) is 0 Å². The van der Waals surface area contributed by atoms with E-state index in [0.29, 0.717) is 41.3 Å². The molecule has 7 nitrogen and oxygen atoms in total. The number of anilines is 2. The van der Waals surface area contributed by atoms with Gasteiger partial charge in [0, 0.05) is 4.88 Å². The Bertz CT molecular complexity index is 984. The molecule has 0 saturated heterocycles. The molecule has 0 unspecified atom stereocenters. The zero-order valence-electron chi connectivity index (χ0n) is 18.0. The largest absolute Gasteiger partial charge is 0.495 e. The third-order valence-corrected chi connectivity index (χ3v) is 6.86. The van der Waals surface area contributed by atoms with Gasteiger partial charge in [-0.1, -0.05) is 31.9 Å². The Hall–Kier alpha value is -2.87. The molecule has 0 spiro atoms. The molecule has 0 radical (unpaired) electrons. The van der Waals surface area contributed by atoms with Crippen molar-refractivity contribution in [3.63, 3.8) is 0 Å². The van der Waals surface area contributed by atoms with Gasteiger partial charge in [-0.2, -0.15) is 0 Å². The van der Waals surface area contributed by atoms with Crippen LogP contribution >= 0.6 is 11.3 Å². The van der Waals surface area contributed by atoms with E-state index in [4.69, 9.17) is 4.74 Å². The minimum absolute atomic E-state index is 0.331. The maximum atomic E-state index is 13.2. The Morgan fingerprint density at radius 2 is 1.81 bits per heavy atom. The number of aliphatic carboxylic acids is 1. The van der Waals surface area contributed by atoms with Crippen molar-refractivity contribution in [2.45, 2.75) is 46.0 Å². The smallest absolute Gasteiger partial charge is 0.307 e. The number of benzene rings is 1. The first-order valence-electron chi connectivity index (χ1n) is 10.5. The standard InChI is InChI=1S/C23H28N2O5S/c1-4-14-13(2)31-22(25-20(26)15-9-5-6-10-16(15)23(28)29)19(14)21(27)24-17-11-7-8-12-18(17)30-3/h7-8,11-12,15-16H,4-6,9-10H2,1-3H3,(H,24,27)(H,25,26)(H,28,29)/t15-,16+/m1/s1. The lowest BCUT2D eigenvalue weighted by atomic mass is 9.79. The third-order valence-electron chi connectivity index (χ3n) is 5.80. The molecule has 3 rings (SSSR count). The van der Waals surface area contributed by atoms with Crippen molar-refractivity contribution in [1.29, 1.82) is 0 Å². The number of para-hydroxylation sites is 2. The van der Waals surface area contributed by atoms with Crippen LogP contribution in [0.5, 0.6) is 5.75 Å². The van der Waals surface area contributed by atoms with E-state index in [0.717, 1.165) is 23.3 Å². The Balaban J connectivity index is 1.89. The van der Waals surface area contributed by atoms with Gasteiger partial charge < -0.3 is 20.5 Å². The number of carboxylic acids is 1. The number of amides is 2. The number of ether oxygens (including phenoxy) is 1. The van der Waals surface area contributed by atoms with Gasteiger partial charge in [-0.25, -0.2) is 0 Å². The van der Waals surface area contributed by atoms with Crippen molar-refractivity contribution in [3.8, 4) is 5.75 Å². The fourth-order valence-corrected chi connectivity index (χ4v) is 5.36. The van der Waals surface area contributed by atoms with E-state index < -0.39 is 17.8 Å². The Labute approximate surface area is 185 Å². The number of aryl methyl sites for hydroxylation is 1. The molecular weight excluding hydrogens is 416 g/mol. The van der Waals surface area contributed by atoms with Crippen LogP contribution in [-0.4, -0.2) is 30.0 Å². The second-order valence-corrected chi connectivity index (χ2v) is 8.90. The summed E-state index contributed by atoms with van der Waals surface area (Å²) >= 11 is 1.34. The first kappa shape index (κ1) is 22.8. The van der Waals surface area contributed by atoms with E-state index >= 15 is 0 Å². The number of carboxylic acid groups (broad SMARTS) is 1. The normalized spacial score (nSPS) is 18.3. The molecule has 2 amide bonds. The summed E-state index contributed by atoms with van der Waals surface area (Å²) in [5.74, 6) is -2.35. The van der Waals surface area contributed by atoms with Gasteiger partial charge in [0.1, 0.15) is 10.8 Å². The summed E-state index contributed by atoms with van der Waals surface area (Å²) < 4.78 is 5.31. The second kappa shape index (κ2) is 9.96. The van der Waals surface area contributed by atoms with Gasteiger partial charge in [0.05, 0.1) is 30.2 Å². The van der Waals surface area contributed by atoms with Crippen LogP contribution in [0.1, 0.15) is 53.4 Å². The number of rotatable bonds is 7. The molecule has 8 heteroatoms. The molecule has 1 heterocycles. The minimum Gasteiger partial charge on any atom is -0.495 e. The molecular formula is C23H28N2O5S. The van der Waals surface area contributed by atoms with E-state index in [9.17, 15) is 19.5 Å². The third kappa shape index (κ3) is 4.90. The molecule has 31 heavy (non-hydrogen) atoms. The van der Waals surface area contributed by atoms with E-state index in [1.165, 1.54) is 18.4 Å². The fraction of sp³-hybridized carbons (Fsp3) is 0.435. The van der Waals surface area contributed by atoms with E-state index in [-0.39, 0.29) is 11.8 Å². The topological polar surface area (TPSA) is 105 Å². The molecule has 0 bridgehead atoms. The summed E-state index contributed by atoms with van der Waals surface area (Å²) in [5.41, 5.74) is 1.83. The number of methoxy groups -OCH3 is 1. The summed E-state index contributed by atoms with van der Waals surface area (Å²) in [7, 11) is 1.53. The lowest BCUT2D eigenvalue weighted by Crippen LogP contribution is -2.36. The average Bonchev–Trinajstić information content (AvgIpc) is 3.08. The lowest BCUT2D eigenvalue weighted by Gasteiger charge is -2.27. The van der Waals surface area contributed by atoms with Crippen molar-refractivity contribution >= 4 is 39.8 Å². The predicted molar refractivity (Wildman–Crippen MR) is 121 cm³/mol. The molecule has 1 aliphatic carbocycles. The second-order valence-electron chi connectivity index (χ2n) is 7.67. The van der Waals surface area contributed by atoms with Crippen LogP contribution in [0.15, 0.2) is 24.3 Å². The van der Waals surface area contributed by atoms with Crippen molar-refractivity contribution in [3.05, 3.63) is 40.3 Å². The van der Waals surface area contributed by atoms with E-state index in [1.807, 2.05) is 19.9 Å². The Kier molecular flexibility index (Phi) is 7.33. The molecule has 1 fully saturated rings. The first-order valence-corrected chi connectivity index (χ1v) is 11.3. The number of hydrogen-bond donors (Lipinski definition) is 3. The SMILES string of the molecule is CCc1c(C)sc(NC(=O)[C@@H]2CCCC[C@@H]2C(=O)O)c1C(=O)Nc1ccccc1OC. The molecule has 1 aliphatic rings. The summed E-state index contributed by atoms with van der Waals surface area (Å²) in [6.45, 7) is 3.88. The molecule has 1 saturated carbocycles. The Morgan fingerprint density at radius 3 is 2.45 bits per heavy atom. The highest BCUT2D eigenvalue weighted by Gasteiger charge is 2.36. The average molecular weight is 445 g/mol. The predicted octanol–water partition coefficient (Wildman–Crippen LogP) is 4.71. The number of carbonyl (C=O) groups is 3. The van der Waals surface area contributed by atoms with Crippen LogP contribution in [0.3, 0.4) is 0 Å². The van der Waals surface area contributed by atoms with Gasteiger partial charge >= 0.3 is 5.97 Å². The lowest BCUT2D eigenvalue weighted by molar-refractivity contribution is -0.147. The molecule has 2 atom stereocenters. The van der Waals surface area contributed by atoms with E-state index in [1.54, 1.807) is 18.2 Å². The van der Waals surface area contributed by atoms with Crippen molar-refractivity contribution in [2.24, 2.45) is 11.8 Å². The van der Waals surface area contributed by atoms with Crippen molar-refractivity contribution in [1.82, 2.24) is 0 Å². The van der Waals surface area contributed by atoms with Crippen molar-refractivity contribution < 1.29 is 24.2 Å².